The first-order valence-corrected chi connectivity index (χ1v) is 9.04. The van der Waals surface area contributed by atoms with Gasteiger partial charge >= 0.3 is 0 Å². The van der Waals surface area contributed by atoms with Crippen LogP contribution in [0.4, 0.5) is 0 Å². The molecule has 3 heterocycles. The van der Waals surface area contributed by atoms with E-state index in [1.807, 2.05) is 6.92 Å². The van der Waals surface area contributed by atoms with Crippen LogP contribution in [0.25, 0.3) is 0 Å². The number of carbonyl (C=O) groups is 1. The minimum Gasteiger partial charge on any atom is -0.467 e. The van der Waals surface area contributed by atoms with Crippen LogP contribution in [-0.2, 0) is 16.0 Å². The summed E-state index contributed by atoms with van der Waals surface area (Å²) >= 11 is 6.57. The molecule has 2 atom stereocenters. The van der Waals surface area contributed by atoms with Crippen molar-refractivity contribution in [3.05, 3.63) is 38.7 Å². The van der Waals surface area contributed by atoms with Crippen molar-refractivity contribution in [2.24, 2.45) is 0 Å². The van der Waals surface area contributed by atoms with Crippen molar-refractivity contribution in [1.29, 1.82) is 0 Å². The van der Waals surface area contributed by atoms with Gasteiger partial charge in [0.05, 0.1) is 31.9 Å². The highest BCUT2D eigenvalue weighted by Gasteiger charge is 2.30. The van der Waals surface area contributed by atoms with E-state index in [4.69, 9.17) is 21.4 Å². The number of aliphatic hydroxyl groups excluding tert-OH is 1. The van der Waals surface area contributed by atoms with E-state index in [0.29, 0.717) is 42.3 Å². The third-order valence-corrected chi connectivity index (χ3v) is 5.49. The van der Waals surface area contributed by atoms with Crippen molar-refractivity contribution < 1.29 is 19.1 Å². The number of nitrogens with zero attached hydrogens (tertiary/aromatic N) is 1. The van der Waals surface area contributed by atoms with E-state index in [0.717, 1.165) is 10.6 Å². The summed E-state index contributed by atoms with van der Waals surface area (Å²) in [7, 11) is 0. The van der Waals surface area contributed by atoms with Crippen LogP contribution in [0.15, 0.2) is 22.8 Å². The first-order valence-electron chi connectivity index (χ1n) is 7.82. The number of nitrogens with one attached hydrogen (secondary N) is 1. The Morgan fingerprint density at radius 2 is 2.46 bits per heavy atom. The van der Waals surface area contributed by atoms with E-state index in [2.05, 4.69) is 4.98 Å². The summed E-state index contributed by atoms with van der Waals surface area (Å²) in [4.78, 5) is 18.6. The van der Waals surface area contributed by atoms with Crippen LogP contribution in [0.2, 0.25) is 0 Å². The molecule has 0 unspecified atom stereocenters. The Balaban J connectivity index is 1.68. The number of furan rings is 1. The van der Waals surface area contributed by atoms with E-state index in [1.165, 1.54) is 17.6 Å². The molecule has 0 spiro atoms. The number of ether oxygens (including phenoxy) is 1. The fourth-order valence-corrected chi connectivity index (χ4v) is 4.16. The second-order valence-corrected chi connectivity index (χ2v) is 7.59. The van der Waals surface area contributed by atoms with Gasteiger partial charge in [0, 0.05) is 23.5 Å². The molecule has 8 heteroatoms. The Bertz CT molecular complexity index is 738. The lowest BCUT2D eigenvalue weighted by atomic mass is 10.0. The van der Waals surface area contributed by atoms with E-state index in [-0.39, 0.29) is 11.9 Å². The largest absolute Gasteiger partial charge is 0.467 e. The Labute approximate surface area is 149 Å². The summed E-state index contributed by atoms with van der Waals surface area (Å²) < 4.78 is 11.4. The van der Waals surface area contributed by atoms with Crippen molar-refractivity contribution >= 4 is 29.5 Å². The first-order chi connectivity index (χ1) is 11.5. The molecule has 2 aromatic rings. The molecule has 1 fully saturated rings. The molecular weight excluding hydrogens is 348 g/mol. The summed E-state index contributed by atoms with van der Waals surface area (Å²) in [5, 5.41) is 10.3. The summed E-state index contributed by atoms with van der Waals surface area (Å²) in [5.41, 5.74) is 0.943. The monoisotopic (exact) mass is 368 g/mol. The number of aliphatic hydroxyl groups is 1. The number of morpholine rings is 1. The molecule has 1 aliphatic rings. The van der Waals surface area contributed by atoms with Gasteiger partial charge in [-0.1, -0.05) is 0 Å². The number of H-pyrrole nitrogens is 1. The second-order valence-electron chi connectivity index (χ2n) is 5.82. The van der Waals surface area contributed by atoms with Crippen molar-refractivity contribution in [1.82, 2.24) is 9.88 Å². The van der Waals surface area contributed by atoms with Gasteiger partial charge in [-0.3, -0.25) is 4.79 Å². The smallest absolute Gasteiger partial charge is 0.228 e. The van der Waals surface area contributed by atoms with Gasteiger partial charge in [0.1, 0.15) is 11.9 Å². The predicted molar refractivity (Wildman–Crippen MR) is 92.5 cm³/mol. The Hall–Kier alpha value is -1.48. The second kappa shape index (κ2) is 7.60. The molecule has 0 bridgehead atoms. The molecule has 0 aliphatic carbocycles. The van der Waals surface area contributed by atoms with E-state index >= 15 is 0 Å². The van der Waals surface area contributed by atoms with Gasteiger partial charge in [-0.25, -0.2) is 0 Å². The van der Waals surface area contributed by atoms with Crippen LogP contribution >= 0.6 is 23.6 Å². The summed E-state index contributed by atoms with van der Waals surface area (Å²) in [5.74, 6) is 0.538. The molecule has 24 heavy (non-hydrogen) atoms. The number of hydrogen-bond donors (Lipinski definition) is 2. The van der Waals surface area contributed by atoms with Crippen LogP contribution < -0.4 is 0 Å². The van der Waals surface area contributed by atoms with Crippen LogP contribution in [0.3, 0.4) is 0 Å². The Morgan fingerprint density at radius 3 is 3.12 bits per heavy atom. The third kappa shape index (κ3) is 3.94. The number of rotatable bonds is 5. The Morgan fingerprint density at radius 1 is 1.62 bits per heavy atom. The van der Waals surface area contributed by atoms with Gasteiger partial charge in [0.25, 0.3) is 0 Å². The molecule has 3 rings (SSSR count). The zero-order chi connectivity index (χ0) is 17.1. The number of aromatic nitrogens is 1. The van der Waals surface area contributed by atoms with Gasteiger partial charge < -0.3 is 24.1 Å². The summed E-state index contributed by atoms with van der Waals surface area (Å²) in [6.07, 6.45) is 1.48. The molecule has 0 radical (unpaired) electrons. The molecule has 1 aliphatic heterocycles. The number of aromatic amines is 1. The first kappa shape index (κ1) is 17.3. The van der Waals surface area contributed by atoms with Gasteiger partial charge in [0.15, 0.2) is 3.95 Å². The predicted octanol–water partition coefficient (Wildman–Crippen LogP) is 2.60. The SMILES string of the molecule is Cc1[nH]c(=S)sc1CC(=O)N1CCOC[C@H]1C[C@H](O)c1ccco1. The number of hydrogen-bond acceptors (Lipinski definition) is 6. The quantitative estimate of drug-likeness (QED) is 0.793. The summed E-state index contributed by atoms with van der Waals surface area (Å²) in [6.45, 7) is 3.39. The van der Waals surface area contributed by atoms with Crippen LogP contribution in [-0.4, -0.2) is 46.7 Å². The fraction of sp³-hybridized carbons (Fsp3) is 0.500. The molecule has 0 aromatic carbocycles. The standard InChI is InChI=1S/C16H20N2O4S2/c1-10-14(24-16(23)17-10)8-15(20)18-4-6-21-9-11(18)7-12(19)13-3-2-5-22-13/h2-3,5,11-12,19H,4,6-9H2,1H3,(H,17,23)/t11-,12+/m1/s1. The molecule has 1 amide bonds. The van der Waals surface area contributed by atoms with E-state index in [1.54, 1.807) is 17.0 Å². The zero-order valence-corrected chi connectivity index (χ0v) is 15.0. The topological polar surface area (TPSA) is 78.7 Å². The van der Waals surface area contributed by atoms with Crippen LogP contribution in [0.1, 0.15) is 28.9 Å². The highest BCUT2D eigenvalue weighted by atomic mass is 32.1. The van der Waals surface area contributed by atoms with Gasteiger partial charge in [0.2, 0.25) is 5.91 Å². The summed E-state index contributed by atoms with van der Waals surface area (Å²) in [6, 6.07) is 3.30. The average molecular weight is 368 g/mol. The lowest BCUT2D eigenvalue weighted by Gasteiger charge is -2.36. The molecule has 130 valence electrons. The number of aryl methyl sites for hydroxylation is 1. The van der Waals surface area contributed by atoms with Gasteiger partial charge in [-0.05, 0) is 31.3 Å². The van der Waals surface area contributed by atoms with Crippen molar-refractivity contribution in [3.8, 4) is 0 Å². The van der Waals surface area contributed by atoms with Gasteiger partial charge in [-0.15, -0.1) is 11.3 Å². The normalized spacial score (nSPS) is 19.4. The third-order valence-electron chi connectivity index (χ3n) is 4.15. The number of amides is 1. The maximum absolute atomic E-state index is 12.7. The zero-order valence-electron chi connectivity index (χ0n) is 13.4. The van der Waals surface area contributed by atoms with Crippen LogP contribution in [0, 0.1) is 10.9 Å². The highest BCUT2D eigenvalue weighted by Crippen LogP contribution is 2.24. The minimum absolute atomic E-state index is 0.0308. The molecule has 0 saturated carbocycles. The lowest BCUT2D eigenvalue weighted by Crippen LogP contribution is -2.49. The molecular formula is C16H20N2O4S2. The maximum Gasteiger partial charge on any atom is 0.228 e. The van der Waals surface area contributed by atoms with Crippen LogP contribution in [0.5, 0.6) is 0 Å². The highest BCUT2D eigenvalue weighted by molar-refractivity contribution is 7.73. The average Bonchev–Trinajstić information content (AvgIpc) is 3.18. The molecule has 2 aromatic heterocycles. The molecule has 1 saturated heterocycles. The molecule has 2 N–H and O–H groups in total. The van der Waals surface area contributed by atoms with E-state index < -0.39 is 6.10 Å². The minimum atomic E-state index is -0.752. The number of carbonyl (C=O) groups excluding carboxylic acids is 1. The lowest BCUT2D eigenvalue weighted by molar-refractivity contribution is -0.140. The number of thiazole rings is 1. The van der Waals surface area contributed by atoms with Crippen molar-refractivity contribution in [2.75, 3.05) is 19.8 Å². The molecule has 6 nitrogen and oxygen atoms in total. The Kier molecular flexibility index (Phi) is 5.50. The van der Waals surface area contributed by atoms with Crippen molar-refractivity contribution in [3.63, 3.8) is 0 Å². The van der Waals surface area contributed by atoms with Crippen molar-refractivity contribution in [2.45, 2.75) is 31.9 Å². The fourth-order valence-electron chi connectivity index (χ4n) is 2.88. The maximum atomic E-state index is 12.7. The van der Waals surface area contributed by atoms with Gasteiger partial charge in [-0.2, -0.15) is 0 Å². The van der Waals surface area contributed by atoms with E-state index in [9.17, 15) is 9.90 Å².